The number of thiophene rings is 1. The number of benzene rings is 3. The molecule has 7 N–H and O–H groups in total. The Balaban J connectivity index is 1.39. The van der Waals surface area contributed by atoms with Crippen LogP contribution in [0.15, 0.2) is 73.3 Å². The van der Waals surface area contributed by atoms with Gasteiger partial charge in [-0.15, -0.1) is 11.3 Å². The van der Waals surface area contributed by atoms with E-state index >= 15 is 0 Å². The number of ketones is 1. The number of nitrogens with one attached hydrogen (secondary N) is 1. The normalized spacial score (nSPS) is 22.7. The van der Waals surface area contributed by atoms with Gasteiger partial charge in [0, 0.05) is 42.9 Å². The lowest BCUT2D eigenvalue weighted by Gasteiger charge is -2.38. The number of rotatable bonds is 7. The van der Waals surface area contributed by atoms with Crippen molar-refractivity contribution in [1.82, 2.24) is 10.2 Å². The predicted octanol–water partition coefficient (Wildman–Crippen LogP) is 3.90. The summed E-state index contributed by atoms with van der Waals surface area (Å²) in [7, 11) is 1.57. The Kier molecular flexibility index (Phi) is 7.96. The first-order valence-electron chi connectivity index (χ1n) is 14.6. The van der Waals surface area contributed by atoms with Crippen LogP contribution in [0.2, 0.25) is 0 Å². The second kappa shape index (κ2) is 11.8. The number of piperidine rings is 1. The first kappa shape index (κ1) is 30.5. The van der Waals surface area contributed by atoms with Crippen LogP contribution in [0.1, 0.15) is 44.4 Å². The molecule has 2 unspecified atom stereocenters. The van der Waals surface area contributed by atoms with Crippen LogP contribution in [0.3, 0.4) is 0 Å². The standard InChI is InChI=1S/C34H35N5O5S/c1-4-26(40)39-16-19(15-22(17-39)43-3)38-33(42)31-28-27-24(12-13-25(35)30(27)45-31)34(37,32(41)29(28)36)23-11-10-21(14-18(23)2)44-20-8-6-5-7-9-20/h4-14,19,22,29H,1,15-17,35-37H2,2-3H3,(H,38,42)/t19-,22-,29?,34?/m1/s1. The summed E-state index contributed by atoms with van der Waals surface area (Å²) in [5.74, 6) is 0.196. The number of hydrogen-bond acceptors (Lipinski definition) is 9. The fourth-order valence-corrected chi connectivity index (χ4v) is 7.69. The molecule has 2 aliphatic rings. The Labute approximate surface area is 264 Å². The minimum absolute atomic E-state index is 0.243. The van der Waals surface area contributed by atoms with Gasteiger partial charge in [-0.1, -0.05) is 36.9 Å². The highest BCUT2D eigenvalue weighted by Crippen LogP contribution is 2.50. The van der Waals surface area contributed by atoms with Crippen LogP contribution < -0.4 is 27.3 Å². The number of Topliss-reactive ketones (excluding diaryl/α,β-unsaturated/α-hetero) is 1. The highest BCUT2D eigenvalue weighted by molar-refractivity contribution is 7.21. The fraction of sp³-hybridized carbons (Fsp3) is 0.265. The molecule has 1 aromatic heterocycles. The molecular weight excluding hydrogens is 590 g/mol. The summed E-state index contributed by atoms with van der Waals surface area (Å²) in [5, 5.41) is 3.66. The molecule has 10 nitrogen and oxygen atoms in total. The zero-order valence-corrected chi connectivity index (χ0v) is 25.9. The third kappa shape index (κ3) is 5.17. The van der Waals surface area contributed by atoms with Crippen molar-refractivity contribution in [3.05, 3.63) is 100 Å². The molecule has 1 aliphatic carbocycles. The molecule has 4 atom stereocenters. The van der Waals surface area contributed by atoms with Crippen molar-refractivity contribution in [3.63, 3.8) is 0 Å². The molecule has 1 fully saturated rings. The van der Waals surface area contributed by atoms with Crippen molar-refractivity contribution in [2.75, 3.05) is 25.9 Å². The van der Waals surface area contributed by atoms with E-state index in [4.69, 9.17) is 26.7 Å². The first-order chi connectivity index (χ1) is 21.6. The number of hydrogen-bond donors (Lipinski definition) is 4. The van der Waals surface area contributed by atoms with Gasteiger partial charge >= 0.3 is 0 Å². The summed E-state index contributed by atoms with van der Waals surface area (Å²) in [6, 6.07) is 16.7. The molecule has 45 heavy (non-hydrogen) atoms. The van der Waals surface area contributed by atoms with Crippen molar-refractivity contribution in [1.29, 1.82) is 0 Å². The van der Waals surface area contributed by atoms with Gasteiger partial charge in [0.25, 0.3) is 5.91 Å². The number of likely N-dealkylation sites (tertiary alicyclic amines) is 1. The zero-order valence-electron chi connectivity index (χ0n) is 25.0. The maximum atomic E-state index is 14.2. The topological polar surface area (TPSA) is 163 Å². The van der Waals surface area contributed by atoms with Crippen LogP contribution in [0, 0.1) is 6.92 Å². The Morgan fingerprint density at radius 3 is 2.51 bits per heavy atom. The average Bonchev–Trinajstić information content (AvgIpc) is 3.45. The van der Waals surface area contributed by atoms with E-state index in [-0.39, 0.29) is 16.9 Å². The summed E-state index contributed by atoms with van der Waals surface area (Å²) in [4.78, 5) is 42.4. The summed E-state index contributed by atoms with van der Waals surface area (Å²) < 4.78 is 12.2. The van der Waals surface area contributed by atoms with E-state index in [1.807, 2.05) is 43.3 Å². The van der Waals surface area contributed by atoms with Gasteiger partial charge in [-0.3, -0.25) is 14.4 Å². The molecule has 1 aliphatic heterocycles. The highest BCUT2D eigenvalue weighted by atomic mass is 32.1. The highest BCUT2D eigenvalue weighted by Gasteiger charge is 2.49. The van der Waals surface area contributed by atoms with Crippen LogP contribution in [0.4, 0.5) is 5.69 Å². The van der Waals surface area contributed by atoms with Crippen molar-refractivity contribution in [2.45, 2.75) is 37.1 Å². The number of anilines is 1. The predicted molar refractivity (Wildman–Crippen MR) is 174 cm³/mol. The lowest BCUT2D eigenvalue weighted by molar-refractivity contribution is -0.130. The second-order valence-corrected chi connectivity index (χ2v) is 12.5. The van der Waals surface area contributed by atoms with Crippen molar-refractivity contribution >= 4 is 44.7 Å². The van der Waals surface area contributed by atoms with Gasteiger partial charge in [-0.25, -0.2) is 0 Å². The van der Waals surface area contributed by atoms with E-state index in [2.05, 4.69) is 11.9 Å². The van der Waals surface area contributed by atoms with Gasteiger partial charge in [0.1, 0.15) is 17.0 Å². The molecule has 0 spiro atoms. The van der Waals surface area contributed by atoms with Gasteiger partial charge in [0.05, 0.1) is 21.7 Å². The van der Waals surface area contributed by atoms with Crippen molar-refractivity contribution in [2.24, 2.45) is 11.5 Å². The molecular formula is C34H35N5O5S. The fourth-order valence-electron chi connectivity index (χ4n) is 6.48. The number of methoxy groups -OCH3 is 1. The summed E-state index contributed by atoms with van der Waals surface area (Å²) in [6.45, 7) is 6.14. The average molecular weight is 626 g/mol. The number of carbonyl (C=O) groups is 3. The monoisotopic (exact) mass is 625 g/mol. The molecule has 6 rings (SSSR count). The molecule has 1 saturated heterocycles. The third-order valence-electron chi connectivity index (χ3n) is 8.69. The number of aryl methyl sites for hydroxylation is 1. The van der Waals surface area contributed by atoms with Crippen molar-refractivity contribution < 1.29 is 23.9 Å². The van der Waals surface area contributed by atoms with E-state index in [9.17, 15) is 14.4 Å². The van der Waals surface area contributed by atoms with Crippen molar-refractivity contribution in [3.8, 4) is 11.5 Å². The largest absolute Gasteiger partial charge is 0.457 e. The zero-order chi connectivity index (χ0) is 32.0. The number of nitrogens with zero attached hydrogens (tertiary/aromatic N) is 1. The number of para-hydroxylation sites is 1. The van der Waals surface area contributed by atoms with Gasteiger partial charge in [-0.05, 0) is 66.4 Å². The maximum Gasteiger partial charge on any atom is 0.262 e. The van der Waals surface area contributed by atoms with Gasteiger partial charge in [0.15, 0.2) is 5.78 Å². The molecule has 232 valence electrons. The summed E-state index contributed by atoms with van der Waals surface area (Å²) >= 11 is 1.18. The van der Waals surface area contributed by atoms with Gasteiger partial charge < -0.3 is 36.9 Å². The van der Waals surface area contributed by atoms with E-state index in [1.165, 1.54) is 17.4 Å². The Bertz CT molecular complexity index is 1840. The Morgan fingerprint density at radius 2 is 1.82 bits per heavy atom. The molecule has 0 bridgehead atoms. The lowest BCUT2D eigenvalue weighted by Crippen LogP contribution is -2.55. The van der Waals surface area contributed by atoms with Crippen LogP contribution in [0.25, 0.3) is 10.1 Å². The second-order valence-electron chi connectivity index (χ2n) is 11.5. The van der Waals surface area contributed by atoms with E-state index in [0.29, 0.717) is 63.5 Å². The minimum atomic E-state index is -1.59. The smallest absolute Gasteiger partial charge is 0.262 e. The first-order valence-corrected chi connectivity index (χ1v) is 15.4. The van der Waals surface area contributed by atoms with E-state index in [0.717, 1.165) is 5.56 Å². The molecule has 4 aromatic rings. The molecule has 2 heterocycles. The molecule has 0 saturated carbocycles. The minimum Gasteiger partial charge on any atom is -0.457 e. The van der Waals surface area contributed by atoms with Gasteiger partial charge in [0.2, 0.25) is 5.91 Å². The Hall–Kier alpha value is -4.55. The summed E-state index contributed by atoms with van der Waals surface area (Å²) in [5.41, 5.74) is 21.3. The molecule has 11 heteroatoms. The number of nitrogens with two attached hydrogens (primary N) is 3. The number of nitrogen functional groups attached to an aromatic ring is 1. The van der Waals surface area contributed by atoms with Crippen LogP contribution in [-0.2, 0) is 19.9 Å². The van der Waals surface area contributed by atoms with Crippen LogP contribution in [0.5, 0.6) is 11.5 Å². The number of carbonyl (C=O) groups excluding carboxylic acids is 3. The Morgan fingerprint density at radius 1 is 1.09 bits per heavy atom. The number of ether oxygens (including phenoxy) is 2. The van der Waals surface area contributed by atoms with Crippen LogP contribution in [-0.4, -0.2) is 54.8 Å². The molecule has 2 amide bonds. The SMILES string of the molecule is C=CC(=O)N1C[C@H](NC(=O)c2sc3c(N)ccc4c3c2C(N)C(=O)C4(N)c2ccc(Oc3ccccc3)cc2C)C[C@@H](OC)C1. The quantitative estimate of drug-likeness (QED) is 0.178. The molecule has 3 aromatic carbocycles. The molecule has 0 radical (unpaired) electrons. The lowest BCUT2D eigenvalue weighted by atomic mass is 9.69. The van der Waals surface area contributed by atoms with E-state index in [1.54, 1.807) is 36.3 Å². The van der Waals surface area contributed by atoms with Crippen LogP contribution >= 0.6 is 11.3 Å². The van der Waals surface area contributed by atoms with Gasteiger partial charge in [-0.2, -0.15) is 0 Å². The maximum absolute atomic E-state index is 14.2. The number of amides is 2. The van der Waals surface area contributed by atoms with E-state index < -0.39 is 29.3 Å². The third-order valence-corrected chi connectivity index (χ3v) is 9.94. The summed E-state index contributed by atoms with van der Waals surface area (Å²) in [6.07, 6.45) is 1.49.